The molecule has 0 spiro atoms. The summed E-state index contributed by atoms with van der Waals surface area (Å²) in [7, 11) is 0. The summed E-state index contributed by atoms with van der Waals surface area (Å²) in [5, 5.41) is -0.226. The van der Waals surface area contributed by atoms with Crippen LogP contribution >= 0.6 is 27.5 Å². The maximum Gasteiger partial charge on any atom is 0.126 e. The minimum absolute atomic E-state index is 0.226. The molecule has 0 aliphatic heterocycles. The Balaban J connectivity index is 2.43. The fraction of sp³-hybridized carbons (Fsp3) is 0.286. The van der Waals surface area contributed by atoms with Crippen LogP contribution in [0.1, 0.15) is 33.6 Å². The average Bonchev–Trinajstić information content (AvgIpc) is 2.69. The molecule has 0 amide bonds. The van der Waals surface area contributed by atoms with E-state index in [1.807, 2.05) is 19.1 Å². The fourth-order valence-corrected chi connectivity index (χ4v) is 2.63. The molecule has 2 aromatic rings. The summed E-state index contributed by atoms with van der Waals surface area (Å²) in [6.07, 6.45) is 0. The van der Waals surface area contributed by atoms with E-state index in [0.29, 0.717) is 0 Å². The molecule has 0 aliphatic rings. The Hall–Kier alpha value is -0.730. The summed E-state index contributed by atoms with van der Waals surface area (Å²) in [4.78, 5) is 0. The Morgan fingerprint density at radius 3 is 2.41 bits per heavy atom. The number of furan rings is 1. The van der Waals surface area contributed by atoms with Crippen LogP contribution in [0.15, 0.2) is 33.2 Å². The van der Waals surface area contributed by atoms with Gasteiger partial charge in [-0.1, -0.05) is 22.0 Å². The minimum Gasteiger partial charge on any atom is -0.464 e. The molecular weight excluding hydrogens is 300 g/mol. The number of alkyl halides is 1. The lowest BCUT2D eigenvalue weighted by Gasteiger charge is -2.12. The van der Waals surface area contributed by atoms with Gasteiger partial charge < -0.3 is 4.42 Å². The summed E-state index contributed by atoms with van der Waals surface area (Å²) in [5.74, 6) is 1.69. The van der Waals surface area contributed by atoms with E-state index >= 15 is 0 Å². The Labute approximate surface area is 115 Å². The third kappa shape index (κ3) is 2.58. The van der Waals surface area contributed by atoms with Gasteiger partial charge in [0.25, 0.3) is 0 Å². The van der Waals surface area contributed by atoms with Crippen LogP contribution in [-0.2, 0) is 0 Å². The second-order valence-electron chi connectivity index (χ2n) is 4.27. The molecule has 3 heteroatoms. The van der Waals surface area contributed by atoms with Crippen molar-refractivity contribution >= 4 is 27.5 Å². The lowest BCUT2D eigenvalue weighted by Crippen LogP contribution is -1.96. The van der Waals surface area contributed by atoms with Crippen molar-refractivity contribution in [2.24, 2.45) is 0 Å². The van der Waals surface area contributed by atoms with Crippen molar-refractivity contribution in [1.29, 1.82) is 0 Å². The first-order valence-electron chi connectivity index (χ1n) is 5.46. The summed E-state index contributed by atoms with van der Waals surface area (Å²) in [6.45, 7) is 6.04. The Morgan fingerprint density at radius 1 is 1.12 bits per heavy atom. The third-order valence-corrected chi connectivity index (χ3v) is 4.14. The van der Waals surface area contributed by atoms with Gasteiger partial charge in [-0.05, 0) is 55.7 Å². The molecular formula is C14H14BrClO. The topological polar surface area (TPSA) is 13.1 Å². The largest absolute Gasteiger partial charge is 0.464 e. The van der Waals surface area contributed by atoms with Crippen molar-refractivity contribution in [3.8, 4) is 0 Å². The van der Waals surface area contributed by atoms with Crippen LogP contribution < -0.4 is 0 Å². The zero-order valence-electron chi connectivity index (χ0n) is 10.1. The maximum absolute atomic E-state index is 6.47. The Morgan fingerprint density at radius 2 is 1.82 bits per heavy atom. The predicted molar refractivity (Wildman–Crippen MR) is 74.8 cm³/mol. The van der Waals surface area contributed by atoms with Gasteiger partial charge in [0.15, 0.2) is 0 Å². The minimum atomic E-state index is -0.226. The van der Waals surface area contributed by atoms with E-state index in [9.17, 15) is 0 Å². The normalized spacial score (nSPS) is 12.8. The predicted octanol–water partition coefficient (Wildman–Crippen LogP) is 5.30. The summed E-state index contributed by atoms with van der Waals surface area (Å²) in [5.41, 5.74) is 3.44. The molecule has 0 N–H and O–H groups in total. The molecule has 0 radical (unpaired) electrons. The van der Waals surface area contributed by atoms with Crippen molar-refractivity contribution in [2.45, 2.75) is 26.1 Å². The van der Waals surface area contributed by atoms with Crippen LogP contribution in [0.2, 0.25) is 0 Å². The zero-order chi connectivity index (χ0) is 12.6. The highest BCUT2D eigenvalue weighted by Gasteiger charge is 2.17. The average molecular weight is 314 g/mol. The van der Waals surface area contributed by atoms with Crippen LogP contribution in [0, 0.1) is 20.8 Å². The third-order valence-electron chi connectivity index (χ3n) is 2.83. The van der Waals surface area contributed by atoms with E-state index in [1.165, 1.54) is 5.56 Å². The molecule has 1 heterocycles. The summed E-state index contributed by atoms with van der Waals surface area (Å²) in [6, 6.07) is 8.07. The van der Waals surface area contributed by atoms with E-state index in [-0.39, 0.29) is 5.38 Å². The quantitative estimate of drug-likeness (QED) is 0.686. The first kappa shape index (κ1) is 12.7. The molecule has 1 aromatic carbocycles. The van der Waals surface area contributed by atoms with Crippen molar-refractivity contribution in [2.75, 3.05) is 0 Å². The molecule has 1 aromatic heterocycles. The SMILES string of the molecule is Cc1ccc(C(Cl)c2cc(C)c(Br)cc2C)o1. The van der Waals surface area contributed by atoms with Crippen LogP contribution in [-0.4, -0.2) is 0 Å². The smallest absolute Gasteiger partial charge is 0.126 e. The van der Waals surface area contributed by atoms with Gasteiger partial charge in [-0.15, -0.1) is 11.6 Å². The van der Waals surface area contributed by atoms with E-state index in [2.05, 4.69) is 41.9 Å². The second kappa shape index (κ2) is 4.87. The molecule has 1 unspecified atom stereocenters. The molecule has 0 aliphatic carbocycles. The van der Waals surface area contributed by atoms with E-state index in [0.717, 1.165) is 27.1 Å². The molecule has 17 heavy (non-hydrogen) atoms. The van der Waals surface area contributed by atoms with Gasteiger partial charge in [-0.3, -0.25) is 0 Å². The first-order valence-corrected chi connectivity index (χ1v) is 6.69. The van der Waals surface area contributed by atoms with Gasteiger partial charge in [-0.25, -0.2) is 0 Å². The number of rotatable bonds is 2. The molecule has 2 rings (SSSR count). The van der Waals surface area contributed by atoms with Crippen LogP contribution in [0.25, 0.3) is 0 Å². The standard InChI is InChI=1S/C14H14BrClO/c1-8-7-12(15)9(2)6-11(8)14(16)13-5-4-10(3)17-13/h4-7,14H,1-3H3. The van der Waals surface area contributed by atoms with Gasteiger partial charge in [0, 0.05) is 4.47 Å². The van der Waals surface area contributed by atoms with Crippen LogP contribution in [0.5, 0.6) is 0 Å². The highest BCUT2D eigenvalue weighted by atomic mass is 79.9. The lowest BCUT2D eigenvalue weighted by atomic mass is 10.0. The number of hydrogen-bond donors (Lipinski definition) is 0. The molecule has 0 saturated heterocycles. The Kier molecular flexibility index (Phi) is 3.64. The number of benzene rings is 1. The number of hydrogen-bond acceptors (Lipinski definition) is 1. The zero-order valence-corrected chi connectivity index (χ0v) is 12.4. The van der Waals surface area contributed by atoms with Gasteiger partial charge in [-0.2, -0.15) is 0 Å². The van der Waals surface area contributed by atoms with Gasteiger partial charge in [0.2, 0.25) is 0 Å². The number of halogens is 2. The van der Waals surface area contributed by atoms with Crippen molar-refractivity contribution in [3.63, 3.8) is 0 Å². The monoisotopic (exact) mass is 312 g/mol. The van der Waals surface area contributed by atoms with Crippen molar-refractivity contribution in [3.05, 3.63) is 56.9 Å². The van der Waals surface area contributed by atoms with Gasteiger partial charge >= 0.3 is 0 Å². The Bertz CT molecular complexity index is 545. The van der Waals surface area contributed by atoms with Gasteiger partial charge in [0.05, 0.1) is 0 Å². The molecule has 0 bridgehead atoms. The van der Waals surface area contributed by atoms with E-state index in [4.69, 9.17) is 16.0 Å². The maximum atomic E-state index is 6.47. The fourth-order valence-electron chi connectivity index (χ4n) is 1.82. The van der Waals surface area contributed by atoms with Crippen molar-refractivity contribution < 1.29 is 4.42 Å². The molecule has 1 atom stereocenters. The van der Waals surface area contributed by atoms with Crippen LogP contribution in [0.3, 0.4) is 0 Å². The second-order valence-corrected chi connectivity index (χ2v) is 5.56. The van der Waals surface area contributed by atoms with E-state index < -0.39 is 0 Å². The van der Waals surface area contributed by atoms with E-state index in [1.54, 1.807) is 0 Å². The summed E-state index contributed by atoms with van der Waals surface area (Å²) >= 11 is 9.99. The molecule has 1 nitrogen and oxygen atoms in total. The highest BCUT2D eigenvalue weighted by molar-refractivity contribution is 9.10. The number of aryl methyl sites for hydroxylation is 3. The van der Waals surface area contributed by atoms with Gasteiger partial charge in [0.1, 0.15) is 16.9 Å². The van der Waals surface area contributed by atoms with Crippen molar-refractivity contribution in [1.82, 2.24) is 0 Å². The lowest BCUT2D eigenvalue weighted by molar-refractivity contribution is 0.488. The van der Waals surface area contributed by atoms with Crippen LogP contribution in [0.4, 0.5) is 0 Å². The molecule has 0 fully saturated rings. The summed E-state index contributed by atoms with van der Waals surface area (Å²) < 4.78 is 6.69. The molecule has 0 saturated carbocycles. The highest BCUT2D eigenvalue weighted by Crippen LogP contribution is 2.34. The molecule has 90 valence electrons. The first-order chi connectivity index (χ1) is 7.99.